The molecule has 0 aliphatic heterocycles. The highest BCUT2D eigenvalue weighted by Gasteiger charge is 1.81. The van der Waals surface area contributed by atoms with E-state index in [-0.39, 0.29) is 6.54 Å². The van der Waals surface area contributed by atoms with Crippen LogP contribution in [-0.2, 0) is 4.79 Å². The molecule has 0 aliphatic rings. The van der Waals surface area contributed by atoms with Crippen molar-refractivity contribution in [2.24, 2.45) is 5.73 Å². The number of rotatable bonds is 1. The average molecular weight is 143 g/mol. The molecule has 1 heterocycles. The van der Waals surface area contributed by atoms with Gasteiger partial charge in [0.1, 0.15) is 0 Å². The maximum Gasteiger partial charge on any atom is 0.317 e. The van der Waals surface area contributed by atoms with Gasteiger partial charge in [-0.25, -0.2) is 0 Å². The van der Waals surface area contributed by atoms with Gasteiger partial charge in [-0.05, 0) is 12.1 Å². The number of carboxylic acid groups (broad SMARTS) is 1. The van der Waals surface area contributed by atoms with Gasteiger partial charge in [-0.15, -0.1) is 0 Å². The second-order valence-electron chi connectivity index (χ2n) is 1.39. The Hall–Kier alpha value is -1.29. The minimum atomic E-state index is -0.968. The molecule has 0 fully saturated rings. The zero-order chi connectivity index (χ0) is 7.82. The summed E-state index contributed by atoms with van der Waals surface area (Å²) in [5.74, 6) is -0.968. The van der Waals surface area contributed by atoms with Gasteiger partial charge in [0.25, 0.3) is 0 Å². The van der Waals surface area contributed by atoms with Crippen molar-refractivity contribution in [3.05, 3.63) is 24.7 Å². The van der Waals surface area contributed by atoms with E-state index in [1.807, 2.05) is 12.1 Å². The van der Waals surface area contributed by atoms with Crippen LogP contribution in [0.15, 0.2) is 29.1 Å². The van der Waals surface area contributed by atoms with Crippen molar-refractivity contribution < 1.29 is 14.3 Å². The SMILES string of the molecule is NCC(=O)O.c1ccoc1. The number of furan rings is 1. The Bertz CT molecular complexity index is 142. The topological polar surface area (TPSA) is 76.5 Å². The molecule has 10 heavy (non-hydrogen) atoms. The van der Waals surface area contributed by atoms with Gasteiger partial charge in [0.05, 0.1) is 19.1 Å². The Morgan fingerprint density at radius 3 is 2.00 bits per heavy atom. The van der Waals surface area contributed by atoms with Crippen LogP contribution in [0.2, 0.25) is 0 Å². The molecule has 0 saturated carbocycles. The third kappa shape index (κ3) is 6.71. The maximum absolute atomic E-state index is 9.24. The predicted octanol–water partition coefficient (Wildman–Crippen LogP) is 0.309. The lowest BCUT2D eigenvalue weighted by atomic mass is 10.7. The van der Waals surface area contributed by atoms with Crippen molar-refractivity contribution in [3.8, 4) is 0 Å². The highest BCUT2D eigenvalue weighted by molar-refractivity contribution is 5.68. The molecule has 4 heteroatoms. The van der Waals surface area contributed by atoms with E-state index in [1.54, 1.807) is 12.5 Å². The van der Waals surface area contributed by atoms with E-state index >= 15 is 0 Å². The van der Waals surface area contributed by atoms with Gasteiger partial charge >= 0.3 is 5.97 Å². The molecule has 4 nitrogen and oxygen atoms in total. The highest BCUT2D eigenvalue weighted by atomic mass is 16.4. The number of hydrogen-bond donors (Lipinski definition) is 2. The van der Waals surface area contributed by atoms with Crippen molar-refractivity contribution >= 4 is 5.97 Å². The normalized spacial score (nSPS) is 7.70. The Morgan fingerprint density at radius 2 is 1.90 bits per heavy atom. The summed E-state index contributed by atoms with van der Waals surface area (Å²) in [7, 11) is 0. The number of carbonyl (C=O) groups is 1. The van der Waals surface area contributed by atoms with Crippen LogP contribution in [0.4, 0.5) is 0 Å². The van der Waals surface area contributed by atoms with Crippen LogP contribution in [-0.4, -0.2) is 17.6 Å². The smallest absolute Gasteiger partial charge is 0.317 e. The number of hydrogen-bond acceptors (Lipinski definition) is 3. The molecule has 0 radical (unpaired) electrons. The van der Waals surface area contributed by atoms with E-state index < -0.39 is 5.97 Å². The number of carboxylic acids is 1. The van der Waals surface area contributed by atoms with Gasteiger partial charge in [0.2, 0.25) is 0 Å². The van der Waals surface area contributed by atoms with Crippen LogP contribution in [0.25, 0.3) is 0 Å². The quantitative estimate of drug-likeness (QED) is 0.593. The molecule has 56 valence electrons. The summed E-state index contributed by atoms with van der Waals surface area (Å²) in [5, 5.41) is 7.60. The first-order valence-electron chi connectivity index (χ1n) is 2.66. The second-order valence-corrected chi connectivity index (χ2v) is 1.39. The fraction of sp³-hybridized carbons (Fsp3) is 0.167. The van der Waals surface area contributed by atoms with Gasteiger partial charge in [-0.2, -0.15) is 0 Å². The average Bonchev–Trinajstić information content (AvgIpc) is 2.43. The van der Waals surface area contributed by atoms with Crippen LogP contribution in [0.5, 0.6) is 0 Å². The Morgan fingerprint density at radius 1 is 1.50 bits per heavy atom. The van der Waals surface area contributed by atoms with Gasteiger partial charge < -0.3 is 15.3 Å². The van der Waals surface area contributed by atoms with E-state index in [4.69, 9.17) is 5.11 Å². The minimum absolute atomic E-state index is 0.278. The van der Waals surface area contributed by atoms with Crippen LogP contribution in [0.3, 0.4) is 0 Å². The summed E-state index contributed by atoms with van der Waals surface area (Å²) in [4.78, 5) is 9.24. The molecule has 0 unspecified atom stereocenters. The Balaban J connectivity index is 0.000000162. The highest BCUT2D eigenvalue weighted by Crippen LogP contribution is 1.79. The van der Waals surface area contributed by atoms with Crippen LogP contribution < -0.4 is 5.73 Å². The first-order chi connectivity index (χ1) is 4.77. The maximum atomic E-state index is 9.24. The lowest BCUT2D eigenvalue weighted by Crippen LogP contribution is -2.10. The van der Waals surface area contributed by atoms with Gasteiger partial charge in [-0.1, -0.05) is 0 Å². The van der Waals surface area contributed by atoms with Crippen molar-refractivity contribution in [2.75, 3.05) is 6.54 Å². The summed E-state index contributed by atoms with van der Waals surface area (Å²) >= 11 is 0. The Labute approximate surface area is 58.3 Å². The molecule has 0 aliphatic carbocycles. The molecule has 0 saturated heterocycles. The lowest BCUT2D eigenvalue weighted by molar-refractivity contribution is -0.135. The summed E-state index contributed by atoms with van der Waals surface area (Å²) in [6, 6.07) is 3.67. The Kier molecular flexibility index (Phi) is 5.09. The summed E-state index contributed by atoms with van der Waals surface area (Å²) < 4.78 is 4.58. The molecular weight excluding hydrogens is 134 g/mol. The van der Waals surface area contributed by atoms with E-state index in [0.29, 0.717) is 0 Å². The predicted molar refractivity (Wildman–Crippen MR) is 35.4 cm³/mol. The van der Waals surface area contributed by atoms with E-state index in [2.05, 4.69) is 10.2 Å². The molecule has 0 spiro atoms. The van der Waals surface area contributed by atoms with Crippen molar-refractivity contribution in [2.45, 2.75) is 0 Å². The van der Waals surface area contributed by atoms with E-state index in [9.17, 15) is 4.79 Å². The van der Waals surface area contributed by atoms with Crippen molar-refractivity contribution in [1.82, 2.24) is 0 Å². The molecule has 1 rings (SSSR count). The van der Waals surface area contributed by atoms with Crippen molar-refractivity contribution in [3.63, 3.8) is 0 Å². The summed E-state index contributed by atoms with van der Waals surface area (Å²) in [6.45, 7) is -0.278. The fourth-order valence-electron chi connectivity index (χ4n) is 0.227. The second kappa shape index (κ2) is 5.84. The van der Waals surface area contributed by atoms with Crippen molar-refractivity contribution in [1.29, 1.82) is 0 Å². The van der Waals surface area contributed by atoms with Crippen LogP contribution in [0.1, 0.15) is 0 Å². The third-order valence-electron chi connectivity index (χ3n) is 0.600. The monoisotopic (exact) mass is 143 g/mol. The summed E-state index contributed by atoms with van der Waals surface area (Å²) in [5.41, 5.74) is 4.57. The van der Waals surface area contributed by atoms with E-state index in [1.165, 1.54) is 0 Å². The van der Waals surface area contributed by atoms with Gasteiger partial charge in [0, 0.05) is 0 Å². The molecule has 1 aromatic heterocycles. The third-order valence-corrected chi connectivity index (χ3v) is 0.600. The van der Waals surface area contributed by atoms with E-state index in [0.717, 1.165) is 0 Å². The number of aliphatic carboxylic acids is 1. The minimum Gasteiger partial charge on any atom is -0.480 e. The van der Waals surface area contributed by atoms with Gasteiger partial charge in [-0.3, -0.25) is 4.79 Å². The zero-order valence-electron chi connectivity index (χ0n) is 5.36. The fourth-order valence-corrected chi connectivity index (χ4v) is 0.227. The lowest BCUT2D eigenvalue weighted by Gasteiger charge is -1.73. The molecule has 0 bridgehead atoms. The molecular formula is C6H9NO3. The largest absolute Gasteiger partial charge is 0.480 e. The first-order valence-corrected chi connectivity index (χ1v) is 2.66. The molecule has 1 aromatic rings. The molecule has 0 atom stereocenters. The van der Waals surface area contributed by atoms with Crippen LogP contribution >= 0.6 is 0 Å². The molecule has 0 aromatic carbocycles. The van der Waals surface area contributed by atoms with Gasteiger partial charge in [0.15, 0.2) is 0 Å². The molecule has 0 amide bonds. The first kappa shape index (κ1) is 8.71. The van der Waals surface area contributed by atoms with Crippen LogP contribution in [0, 0.1) is 0 Å². The number of nitrogens with two attached hydrogens (primary N) is 1. The summed E-state index contributed by atoms with van der Waals surface area (Å²) in [6.07, 6.45) is 3.25. The standard InChI is InChI=1S/C4H4O.C2H5NO2/c1-2-4-5-3-1;3-1-2(4)5/h1-4H;1,3H2,(H,4,5). The zero-order valence-corrected chi connectivity index (χ0v) is 5.36. The molecule has 3 N–H and O–H groups in total.